The number of carbonyl (C=O) groups excluding carboxylic acids is 1. The second kappa shape index (κ2) is 7.81. The molecule has 2 atom stereocenters. The maximum Gasteiger partial charge on any atom is 0.224 e. The molecule has 0 aliphatic heterocycles. The molecule has 2 aromatic rings. The van der Waals surface area contributed by atoms with Crippen molar-refractivity contribution >= 4 is 5.91 Å². The van der Waals surface area contributed by atoms with Crippen molar-refractivity contribution in [3.8, 4) is 11.1 Å². The molecule has 0 aromatic heterocycles. The van der Waals surface area contributed by atoms with E-state index in [9.17, 15) is 9.18 Å². The summed E-state index contributed by atoms with van der Waals surface area (Å²) in [6.45, 7) is 4.31. The highest BCUT2D eigenvalue weighted by Crippen LogP contribution is 2.44. The Kier molecular flexibility index (Phi) is 5.52. The van der Waals surface area contributed by atoms with Crippen molar-refractivity contribution in [3.63, 3.8) is 0 Å². The van der Waals surface area contributed by atoms with Gasteiger partial charge < -0.3 is 5.32 Å². The Balaban J connectivity index is 1.69. The zero-order valence-electron chi connectivity index (χ0n) is 15.0. The van der Waals surface area contributed by atoms with Crippen molar-refractivity contribution in [2.24, 2.45) is 5.92 Å². The number of nitrogens with one attached hydrogen (secondary N) is 1. The minimum Gasteiger partial charge on any atom is -0.355 e. The molecular formula is C22H26FNO. The monoisotopic (exact) mass is 339 g/mol. The summed E-state index contributed by atoms with van der Waals surface area (Å²) in [5.74, 6) is 0.295. The normalized spacial score (nSPS) is 16.2. The maximum absolute atomic E-state index is 12.9. The molecule has 2 nitrogen and oxygen atoms in total. The summed E-state index contributed by atoms with van der Waals surface area (Å²) < 4.78 is 12.9. The van der Waals surface area contributed by atoms with Crippen molar-refractivity contribution < 1.29 is 9.18 Å². The lowest BCUT2D eigenvalue weighted by Gasteiger charge is -2.13. The average Bonchev–Trinajstić information content (AvgIpc) is 2.91. The summed E-state index contributed by atoms with van der Waals surface area (Å²) in [7, 11) is 0. The van der Waals surface area contributed by atoms with Crippen LogP contribution in [-0.4, -0.2) is 19.1 Å². The van der Waals surface area contributed by atoms with Crippen LogP contribution < -0.4 is 5.32 Å². The summed E-state index contributed by atoms with van der Waals surface area (Å²) in [5, 5.41) is 2.88. The Morgan fingerprint density at radius 2 is 1.92 bits per heavy atom. The molecule has 2 aromatic carbocycles. The molecule has 25 heavy (non-hydrogen) atoms. The average molecular weight is 339 g/mol. The number of hydrogen-bond acceptors (Lipinski definition) is 1. The number of fused-ring (bicyclic) bond motifs is 3. The molecule has 0 fully saturated rings. The third-order valence-electron chi connectivity index (χ3n) is 5.17. The van der Waals surface area contributed by atoms with E-state index in [1.807, 2.05) is 13.0 Å². The first kappa shape index (κ1) is 17.7. The second-order valence-electron chi connectivity index (χ2n) is 7.02. The first-order valence-corrected chi connectivity index (χ1v) is 9.18. The number of carbonyl (C=O) groups is 1. The van der Waals surface area contributed by atoms with E-state index in [1.165, 1.54) is 22.3 Å². The minimum atomic E-state index is -0.373. The van der Waals surface area contributed by atoms with Gasteiger partial charge in [0.1, 0.15) is 0 Å². The van der Waals surface area contributed by atoms with E-state index in [1.54, 1.807) is 0 Å². The maximum atomic E-state index is 12.9. The zero-order chi connectivity index (χ0) is 17.8. The van der Waals surface area contributed by atoms with Gasteiger partial charge in [-0.15, -0.1) is 0 Å². The quantitative estimate of drug-likeness (QED) is 0.766. The lowest BCUT2D eigenvalue weighted by molar-refractivity contribution is -0.120. The molecule has 132 valence electrons. The largest absolute Gasteiger partial charge is 0.355 e. The van der Waals surface area contributed by atoms with E-state index >= 15 is 0 Å². The van der Waals surface area contributed by atoms with Crippen LogP contribution in [0.25, 0.3) is 11.1 Å². The van der Waals surface area contributed by atoms with Gasteiger partial charge in [-0.1, -0.05) is 62.7 Å². The predicted molar refractivity (Wildman–Crippen MR) is 100 cm³/mol. The van der Waals surface area contributed by atoms with Gasteiger partial charge in [0.15, 0.2) is 0 Å². The van der Waals surface area contributed by atoms with Gasteiger partial charge in [-0.2, -0.15) is 0 Å². The van der Waals surface area contributed by atoms with E-state index in [-0.39, 0.29) is 18.5 Å². The highest BCUT2D eigenvalue weighted by Gasteiger charge is 2.25. The molecule has 1 aliphatic rings. The number of amides is 1. The summed E-state index contributed by atoms with van der Waals surface area (Å²) in [6, 6.07) is 14.8. The molecule has 1 amide bonds. The van der Waals surface area contributed by atoms with Gasteiger partial charge in [0, 0.05) is 18.4 Å². The van der Waals surface area contributed by atoms with Crippen LogP contribution >= 0.6 is 0 Å². The van der Waals surface area contributed by atoms with Crippen LogP contribution in [0.15, 0.2) is 42.5 Å². The molecule has 0 radical (unpaired) electrons. The molecular weight excluding hydrogens is 313 g/mol. The SMILES string of the molecule is CCCC(CF)CNC(=O)Cc1ccc2c(c1)-c1ccccc1C2C. The summed E-state index contributed by atoms with van der Waals surface area (Å²) in [5.41, 5.74) is 6.19. The summed E-state index contributed by atoms with van der Waals surface area (Å²) in [6.07, 6.45) is 2.09. The van der Waals surface area contributed by atoms with Crippen molar-refractivity contribution in [2.75, 3.05) is 13.2 Å². The molecule has 2 unspecified atom stereocenters. The molecule has 0 spiro atoms. The van der Waals surface area contributed by atoms with Gasteiger partial charge in [0.2, 0.25) is 5.91 Å². The molecule has 0 saturated heterocycles. The van der Waals surface area contributed by atoms with Crippen LogP contribution in [0.2, 0.25) is 0 Å². The van der Waals surface area contributed by atoms with Crippen LogP contribution in [0.3, 0.4) is 0 Å². The third-order valence-corrected chi connectivity index (χ3v) is 5.17. The van der Waals surface area contributed by atoms with Crippen molar-refractivity contribution in [3.05, 3.63) is 59.2 Å². The van der Waals surface area contributed by atoms with E-state index in [2.05, 4.69) is 48.6 Å². The molecule has 3 heteroatoms. The highest BCUT2D eigenvalue weighted by molar-refractivity contribution is 5.82. The summed E-state index contributed by atoms with van der Waals surface area (Å²) >= 11 is 0. The minimum absolute atomic E-state index is 0.0335. The Bertz CT molecular complexity index is 755. The second-order valence-corrected chi connectivity index (χ2v) is 7.02. The van der Waals surface area contributed by atoms with Gasteiger partial charge in [0.25, 0.3) is 0 Å². The zero-order valence-corrected chi connectivity index (χ0v) is 15.0. The number of benzene rings is 2. The van der Waals surface area contributed by atoms with E-state index in [4.69, 9.17) is 0 Å². The van der Waals surface area contributed by atoms with Crippen molar-refractivity contribution in [1.82, 2.24) is 5.32 Å². The molecule has 1 N–H and O–H groups in total. The Labute approximate surface area is 149 Å². The van der Waals surface area contributed by atoms with Crippen molar-refractivity contribution in [2.45, 2.75) is 39.0 Å². The lowest BCUT2D eigenvalue weighted by Crippen LogP contribution is -2.31. The molecule has 3 rings (SSSR count). The lowest BCUT2D eigenvalue weighted by atomic mass is 9.98. The predicted octanol–water partition coefficient (Wildman–Crippen LogP) is 4.86. The Morgan fingerprint density at radius 3 is 2.68 bits per heavy atom. The third kappa shape index (κ3) is 3.76. The fourth-order valence-electron chi connectivity index (χ4n) is 3.76. The fourth-order valence-corrected chi connectivity index (χ4v) is 3.76. The fraction of sp³-hybridized carbons (Fsp3) is 0.409. The molecule has 0 saturated carbocycles. The Hall–Kier alpha value is -2.16. The number of halogens is 1. The topological polar surface area (TPSA) is 29.1 Å². The van der Waals surface area contributed by atoms with Crippen LogP contribution in [0.5, 0.6) is 0 Å². The number of rotatable bonds is 7. The molecule has 1 aliphatic carbocycles. The van der Waals surface area contributed by atoms with Crippen LogP contribution in [0, 0.1) is 5.92 Å². The van der Waals surface area contributed by atoms with Gasteiger partial charge >= 0.3 is 0 Å². The van der Waals surface area contributed by atoms with Gasteiger partial charge in [0.05, 0.1) is 13.1 Å². The van der Waals surface area contributed by atoms with Crippen LogP contribution in [0.4, 0.5) is 4.39 Å². The standard InChI is InChI=1S/C22H26FNO/c1-3-6-17(13-23)14-24-22(25)12-16-9-10-19-15(2)18-7-4-5-8-20(18)21(19)11-16/h4-5,7-11,15,17H,3,6,12-14H2,1-2H3,(H,24,25). The van der Waals surface area contributed by atoms with Gasteiger partial charge in [-0.3, -0.25) is 9.18 Å². The van der Waals surface area contributed by atoms with Crippen LogP contribution in [0.1, 0.15) is 49.3 Å². The highest BCUT2D eigenvalue weighted by atomic mass is 19.1. The first-order chi connectivity index (χ1) is 12.1. The number of alkyl halides is 1. The smallest absolute Gasteiger partial charge is 0.224 e. The van der Waals surface area contributed by atoms with Gasteiger partial charge in [-0.25, -0.2) is 0 Å². The Morgan fingerprint density at radius 1 is 1.16 bits per heavy atom. The van der Waals surface area contributed by atoms with Gasteiger partial charge in [-0.05, 0) is 34.2 Å². The molecule has 0 heterocycles. The first-order valence-electron chi connectivity index (χ1n) is 9.18. The summed E-state index contributed by atoms with van der Waals surface area (Å²) in [4.78, 5) is 12.2. The van der Waals surface area contributed by atoms with E-state index in [0.717, 1.165) is 18.4 Å². The molecule has 0 bridgehead atoms. The number of hydrogen-bond donors (Lipinski definition) is 1. The van der Waals surface area contributed by atoms with Crippen LogP contribution in [-0.2, 0) is 11.2 Å². The van der Waals surface area contributed by atoms with E-state index in [0.29, 0.717) is 18.9 Å². The van der Waals surface area contributed by atoms with E-state index < -0.39 is 0 Å². The van der Waals surface area contributed by atoms with Crippen molar-refractivity contribution in [1.29, 1.82) is 0 Å².